The van der Waals surface area contributed by atoms with Crippen LogP contribution in [-0.2, 0) is 27.2 Å². The summed E-state index contributed by atoms with van der Waals surface area (Å²) in [5, 5.41) is 16.0. The van der Waals surface area contributed by atoms with E-state index in [0.29, 0.717) is 0 Å². The largest absolute Gasteiger partial charge is 1.00 e. The van der Waals surface area contributed by atoms with Crippen LogP contribution >= 0.6 is 0 Å². The van der Waals surface area contributed by atoms with Gasteiger partial charge in [0.05, 0.1) is 36.3 Å². The first-order chi connectivity index (χ1) is 15.3. The van der Waals surface area contributed by atoms with Gasteiger partial charge in [-0.2, -0.15) is 5.10 Å². The fourth-order valence-electron chi connectivity index (χ4n) is 3.55. The third kappa shape index (κ3) is 3.69. The Morgan fingerprint density at radius 1 is 1.21 bits per heavy atom. The second kappa shape index (κ2) is 6.91. The molecule has 0 amide bonds. The van der Waals surface area contributed by atoms with Crippen molar-refractivity contribution in [3.63, 3.8) is 0 Å². The number of aromatic nitrogens is 3. The molecule has 1 saturated heterocycles. The van der Waals surface area contributed by atoms with E-state index in [9.17, 15) is 9.41 Å². The molecule has 152 valence electrons. The van der Waals surface area contributed by atoms with Crippen LogP contribution in [0.4, 0.5) is 4.39 Å². The standard InChI is InChI=1S/C19H26BFN3O4.Li/c1-17(2)11-24-14(10-26-17)15(16(23-24)13-8-7-12(21)9-22-13)20(25)27-18(3,4)19(5,6)28-20;/h7-9,25H,10-11H2,1-6H3;/q-1;+1/i1D3,2D3;. The van der Waals surface area contributed by atoms with Crippen molar-refractivity contribution in [2.45, 2.75) is 71.4 Å². The average molecular weight is 403 g/mol. The molecule has 0 unspecified atom stereocenters. The van der Waals surface area contributed by atoms with Gasteiger partial charge in [-0.05, 0) is 53.5 Å². The molecule has 0 radical (unpaired) electrons. The maximum atomic E-state index is 13.5. The first kappa shape index (κ1) is 15.6. The van der Waals surface area contributed by atoms with E-state index < -0.39 is 56.2 Å². The summed E-state index contributed by atoms with van der Waals surface area (Å²) in [5.74, 6) is -0.596. The number of hydrogen-bond donors (Lipinski definition) is 1. The summed E-state index contributed by atoms with van der Waals surface area (Å²) in [6, 6.07) is 2.48. The molecule has 2 aromatic heterocycles. The number of ether oxygens (including phenoxy) is 1. The second-order valence-electron chi connectivity index (χ2n) is 8.27. The van der Waals surface area contributed by atoms with E-state index in [-0.39, 0.29) is 41.4 Å². The molecular weight excluding hydrogens is 371 g/mol. The number of hydrogen-bond acceptors (Lipinski definition) is 6. The zero-order valence-corrected chi connectivity index (χ0v) is 17.1. The Labute approximate surface area is 190 Å². The molecule has 1 fully saturated rings. The Morgan fingerprint density at radius 3 is 2.41 bits per heavy atom. The van der Waals surface area contributed by atoms with Crippen LogP contribution in [0, 0.1) is 5.82 Å². The van der Waals surface area contributed by atoms with Crippen molar-refractivity contribution in [1.29, 1.82) is 0 Å². The monoisotopic (exact) mass is 403 g/mol. The van der Waals surface area contributed by atoms with E-state index in [1.54, 1.807) is 27.7 Å². The van der Waals surface area contributed by atoms with Gasteiger partial charge in [0, 0.05) is 25.1 Å². The van der Waals surface area contributed by atoms with Crippen molar-refractivity contribution in [2.75, 3.05) is 0 Å². The molecule has 10 heteroatoms. The third-order valence-corrected chi connectivity index (χ3v) is 5.62. The molecule has 2 aliphatic rings. The van der Waals surface area contributed by atoms with Gasteiger partial charge in [-0.25, -0.2) is 4.39 Å². The van der Waals surface area contributed by atoms with Crippen LogP contribution in [0.2, 0.25) is 0 Å². The maximum Gasteiger partial charge on any atom is 1.00 e. The molecule has 0 atom stereocenters. The van der Waals surface area contributed by atoms with Crippen LogP contribution in [0.5, 0.6) is 0 Å². The zero-order chi connectivity index (χ0) is 25.5. The maximum absolute atomic E-state index is 13.5. The first-order valence-corrected chi connectivity index (χ1v) is 8.96. The summed E-state index contributed by atoms with van der Waals surface area (Å²) >= 11 is 0. The van der Waals surface area contributed by atoms with E-state index in [1.165, 1.54) is 10.7 Å². The number of halogens is 1. The molecule has 0 bridgehead atoms. The van der Waals surface area contributed by atoms with Crippen LogP contribution < -0.4 is 24.3 Å². The van der Waals surface area contributed by atoms with Crippen molar-refractivity contribution >= 4 is 12.2 Å². The quantitative estimate of drug-likeness (QED) is 0.658. The minimum Gasteiger partial charge on any atom is -0.555 e. The summed E-state index contributed by atoms with van der Waals surface area (Å²) in [5.41, 5.74) is -4.00. The van der Waals surface area contributed by atoms with Crippen LogP contribution in [0.3, 0.4) is 0 Å². The summed E-state index contributed by atoms with van der Waals surface area (Å²) < 4.78 is 79.6. The summed E-state index contributed by atoms with van der Waals surface area (Å²) in [4.78, 5) is 4.04. The second-order valence-corrected chi connectivity index (χ2v) is 8.27. The van der Waals surface area contributed by atoms with Gasteiger partial charge in [0.1, 0.15) is 5.82 Å². The van der Waals surface area contributed by atoms with E-state index in [1.807, 2.05) is 0 Å². The molecule has 4 rings (SSSR count). The molecule has 4 heterocycles. The van der Waals surface area contributed by atoms with Crippen molar-refractivity contribution in [1.82, 2.24) is 14.8 Å². The summed E-state index contributed by atoms with van der Waals surface area (Å²) in [7, 11) is 0. The Hall–Kier alpha value is -1.21. The molecule has 0 aliphatic carbocycles. The third-order valence-electron chi connectivity index (χ3n) is 5.62. The minimum atomic E-state index is -3.19. The molecule has 0 spiro atoms. The zero-order valence-electron chi connectivity index (χ0n) is 23.1. The number of fused-ring (bicyclic) bond motifs is 1. The van der Waals surface area contributed by atoms with Gasteiger partial charge < -0.3 is 19.1 Å². The molecule has 2 aromatic rings. The van der Waals surface area contributed by atoms with E-state index in [4.69, 9.17) is 22.3 Å². The van der Waals surface area contributed by atoms with Crippen LogP contribution in [0.1, 0.15) is 55.3 Å². The van der Waals surface area contributed by atoms with Gasteiger partial charge >= 0.3 is 25.6 Å². The van der Waals surface area contributed by atoms with Gasteiger partial charge in [-0.3, -0.25) is 9.67 Å². The molecule has 7 nitrogen and oxygen atoms in total. The normalized spacial score (nSPS) is 27.2. The number of rotatable bonds is 2. The van der Waals surface area contributed by atoms with Gasteiger partial charge in [-0.1, -0.05) is 5.46 Å². The summed E-state index contributed by atoms with van der Waals surface area (Å²) in [6.07, 6.45) is 0.963. The average Bonchev–Trinajstić information content (AvgIpc) is 3.12. The van der Waals surface area contributed by atoms with Gasteiger partial charge in [0.2, 0.25) is 0 Å². The van der Waals surface area contributed by atoms with E-state index >= 15 is 0 Å². The number of nitrogens with zero attached hydrogens (tertiary/aromatic N) is 3. The predicted octanol–water partition coefficient (Wildman–Crippen LogP) is -0.861. The predicted molar refractivity (Wildman–Crippen MR) is 102 cm³/mol. The van der Waals surface area contributed by atoms with Gasteiger partial charge in [-0.15, -0.1) is 0 Å². The topological polar surface area (TPSA) is 78.6 Å². The smallest absolute Gasteiger partial charge is 0.555 e. The van der Waals surface area contributed by atoms with Crippen LogP contribution in [-0.4, -0.2) is 43.3 Å². The molecule has 0 aromatic carbocycles. The van der Waals surface area contributed by atoms with E-state index in [0.717, 1.165) is 12.3 Å². The molecule has 1 N–H and O–H groups in total. The Bertz CT molecular complexity index is 1090. The number of pyridine rings is 1. The van der Waals surface area contributed by atoms with Crippen LogP contribution in [0.15, 0.2) is 18.3 Å². The Morgan fingerprint density at radius 2 is 1.86 bits per heavy atom. The fourth-order valence-corrected chi connectivity index (χ4v) is 3.55. The van der Waals surface area contributed by atoms with Crippen molar-refractivity contribution in [3.05, 3.63) is 29.8 Å². The first-order valence-electron chi connectivity index (χ1n) is 12.0. The molecule has 2 aliphatic heterocycles. The van der Waals surface area contributed by atoms with Gasteiger partial charge in [0.25, 0.3) is 0 Å². The molecular formula is C19H26BFLiN3O4. The van der Waals surface area contributed by atoms with Crippen molar-refractivity contribution in [3.8, 4) is 11.4 Å². The fraction of sp³-hybridized carbons (Fsp3) is 0.579. The van der Waals surface area contributed by atoms with Gasteiger partial charge in [0.15, 0.2) is 0 Å². The Balaban J connectivity index is 0.00000342. The SMILES string of the molecule is [2H]C([2H])([2H])C1(C([2H])([2H])[2H])Cn2nc(-c3ccc(F)cn3)c([B-]3(O)OC(C)(C)C(C)(C)O3)c2CO1.[Li+]. The van der Waals surface area contributed by atoms with Crippen LogP contribution in [0.25, 0.3) is 11.4 Å². The van der Waals surface area contributed by atoms with E-state index in [2.05, 4.69) is 10.1 Å². The van der Waals surface area contributed by atoms with Crippen molar-refractivity contribution < 1.29 is 50.5 Å². The van der Waals surface area contributed by atoms with Crippen molar-refractivity contribution in [2.24, 2.45) is 0 Å². The molecule has 0 saturated carbocycles. The molecule has 29 heavy (non-hydrogen) atoms. The summed E-state index contributed by atoms with van der Waals surface area (Å²) in [6.45, 7) is -3.41. The minimum absolute atomic E-state index is 0. The Kier molecular flexibility index (Phi) is 3.71.